The number of nitrogens with zero attached hydrogens (tertiary/aromatic N) is 3. The Morgan fingerprint density at radius 1 is 1.17 bits per heavy atom. The lowest BCUT2D eigenvalue weighted by Gasteiger charge is -2.38. The molecule has 1 aliphatic heterocycles. The second-order valence-corrected chi connectivity index (χ2v) is 7.17. The highest BCUT2D eigenvalue weighted by Crippen LogP contribution is 2.23. The van der Waals surface area contributed by atoms with Crippen molar-refractivity contribution in [2.75, 3.05) is 39.8 Å². The van der Waals surface area contributed by atoms with Crippen LogP contribution in [0.5, 0.6) is 0 Å². The predicted molar refractivity (Wildman–Crippen MR) is 105 cm³/mol. The fourth-order valence-electron chi connectivity index (χ4n) is 3.47. The number of rotatable bonds is 6. The summed E-state index contributed by atoms with van der Waals surface area (Å²) in [5.74, 6) is 0.309. The first kappa shape index (κ1) is 19.4. The van der Waals surface area contributed by atoms with E-state index in [1.165, 1.54) is 18.4 Å². The van der Waals surface area contributed by atoms with E-state index in [9.17, 15) is 9.18 Å². The van der Waals surface area contributed by atoms with Crippen LogP contribution < -0.4 is 5.32 Å². The molecule has 1 N–H and O–H groups in total. The summed E-state index contributed by atoms with van der Waals surface area (Å²) in [5.41, 5.74) is 1.15. The van der Waals surface area contributed by atoms with Crippen molar-refractivity contribution in [1.29, 1.82) is 0 Å². The predicted octanol–water partition coefficient (Wildman–Crippen LogP) is 2.79. The van der Waals surface area contributed by atoms with Crippen LogP contribution in [-0.2, 0) is 0 Å². The van der Waals surface area contributed by atoms with Gasteiger partial charge in [-0.15, -0.1) is 0 Å². The van der Waals surface area contributed by atoms with Gasteiger partial charge in [-0.2, -0.15) is 0 Å². The van der Waals surface area contributed by atoms with Crippen LogP contribution in [0.2, 0.25) is 0 Å². The van der Waals surface area contributed by atoms with Gasteiger partial charge in [-0.3, -0.25) is 9.69 Å². The van der Waals surface area contributed by atoms with Gasteiger partial charge in [-0.1, -0.05) is 17.3 Å². The van der Waals surface area contributed by atoms with Crippen LogP contribution in [0.1, 0.15) is 22.1 Å². The molecule has 0 spiro atoms. The van der Waals surface area contributed by atoms with Crippen molar-refractivity contribution in [2.24, 2.45) is 0 Å². The summed E-state index contributed by atoms with van der Waals surface area (Å²) in [7, 11) is 2.09. The number of piperazine rings is 1. The highest BCUT2D eigenvalue weighted by molar-refractivity contribution is 5.92. The number of carbonyl (C=O) groups is 1. The molecule has 1 atom stereocenters. The van der Waals surface area contributed by atoms with E-state index in [0.29, 0.717) is 18.1 Å². The zero-order valence-corrected chi connectivity index (χ0v) is 16.2. The number of hydrogen-bond acceptors (Lipinski definition) is 6. The Bertz CT molecular complexity index is 931. The molecule has 7 nitrogen and oxygen atoms in total. The zero-order chi connectivity index (χ0) is 20.2. The van der Waals surface area contributed by atoms with Gasteiger partial charge in [-0.25, -0.2) is 4.39 Å². The lowest BCUT2D eigenvalue weighted by molar-refractivity contribution is 0.0878. The Kier molecular flexibility index (Phi) is 5.73. The van der Waals surface area contributed by atoms with Crippen molar-refractivity contribution in [3.05, 3.63) is 65.8 Å². The lowest BCUT2D eigenvalue weighted by Crippen LogP contribution is -2.48. The Labute approximate surface area is 168 Å². The summed E-state index contributed by atoms with van der Waals surface area (Å²) in [4.78, 5) is 17.2. The van der Waals surface area contributed by atoms with Gasteiger partial charge in [0.1, 0.15) is 5.82 Å². The fraction of sp³-hybridized carbons (Fsp3) is 0.333. The van der Waals surface area contributed by atoms with Crippen LogP contribution in [0.4, 0.5) is 4.39 Å². The number of hydrogen-bond donors (Lipinski definition) is 1. The Morgan fingerprint density at radius 2 is 1.93 bits per heavy atom. The monoisotopic (exact) mass is 398 g/mol. The first-order valence-corrected chi connectivity index (χ1v) is 9.57. The molecule has 1 amide bonds. The smallest absolute Gasteiger partial charge is 0.273 e. The van der Waals surface area contributed by atoms with Crippen LogP contribution in [0.3, 0.4) is 0 Å². The quantitative estimate of drug-likeness (QED) is 0.688. The molecular formula is C21H23FN4O3. The summed E-state index contributed by atoms with van der Waals surface area (Å²) in [6.45, 7) is 4.03. The largest absolute Gasteiger partial charge is 0.461 e. The Hall–Kier alpha value is -2.97. The summed E-state index contributed by atoms with van der Waals surface area (Å²) >= 11 is 0. The van der Waals surface area contributed by atoms with E-state index in [1.807, 2.05) is 0 Å². The molecular weight excluding hydrogens is 375 g/mol. The maximum atomic E-state index is 13.4. The van der Waals surface area contributed by atoms with Gasteiger partial charge in [-0.05, 0) is 36.9 Å². The molecule has 0 aliphatic carbocycles. The van der Waals surface area contributed by atoms with Crippen LogP contribution in [-0.4, -0.2) is 60.6 Å². The average Bonchev–Trinajstić information content (AvgIpc) is 3.42. The highest BCUT2D eigenvalue weighted by atomic mass is 19.1. The van der Waals surface area contributed by atoms with E-state index in [-0.39, 0.29) is 23.5 Å². The third-order valence-electron chi connectivity index (χ3n) is 5.20. The van der Waals surface area contributed by atoms with E-state index in [2.05, 4.69) is 27.3 Å². The van der Waals surface area contributed by atoms with Crippen LogP contribution in [0.25, 0.3) is 11.5 Å². The number of furan rings is 1. The van der Waals surface area contributed by atoms with Gasteiger partial charge in [0, 0.05) is 38.8 Å². The van der Waals surface area contributed by atoms with Gasteiger partial charge < -0.3 is 19.2 Å². The minimum atomic E-state index is -0.326. The maximum Gasteiger partial charge on any atom is 0.273 e. The second-order valence-electron chi connectivity index (χ2n) is 7.17. The molecule has 152 valence electrons. The van der Waals surface area contributed by atoms with Crippen LogP contribution in [0, 0.1) is 5.82 Å². The molecule has 4 rings (SSSR count). The lowest BCUT2D eigenvalue weighted by atomic mass is 10.0. The molecule has 0 bridgehead atoms. The maximum absolute atomic E-state index is 13.4. The van der Waals surface area contributed by atoms with E-state index < -0.39 is 0 Å². The number of nitrogens with one attached hydrogen (secondary N) is 1. The molecule has 2 aromatic heterocycles. The third-order valence-corrected chi connectivity index (χ3v) is 5.20. The van der Waals surface area contributed by atoms with Crippen molar-refractivity contribution in [3.63, 3.8) is 0 Å². The standard InChI is InChI=1S/C21H23FN4O3/c1-25-8-10-26(11-9-25)18(15-4-6-16(22)7-5-15)14-23-21(27)17-13-20(29-24-17)19-3-2-12-28-19/h2-7,12-13,18H,8-11,14H2,1H3,(H,23,27)/t18-/m1/s1. The fourth-order valence-corrected chi connectivity index (χ4v) is 3.47. The van der Waals surface area contributed by atoms with Crippen molar-refractivity contribution >= 4 is 5.91 Å². The molecule has 3 heterocycles. The van der Waals surface area contributed by atoms with Crippen LogP contribution in [0.15, 0.2) is 57.7 Å². The number of benzene rings is 1. The Morgan fingerprint density at radius 3 is 2.62 bits per heavy atom. The molecule has 29 heavy (non-hydrogen) atoms. The first-order chi connectivity index (χ1) is 14.1. The molecule has 8 heteroatoms. The summed E-state index contributed by atoms with van der Waals surface area (Å²) in [6, 6.07) is 11.4. The van der Waals surface area contributed by atoms with E-state index >= 15 is 0 Å². The normalized spacial score (nSPS) is 16.6. The minimum Gasteiger partial charge on any atom is -0.461 e. The van der Waals surface area contributed by atoms with Crippen molar-refractivity contribution in [1.82, 2.24) is 20.3 Å². The summed E-state index contributed by atoms with van der Waals surface area (Å²) in [5, 5.41) is 6.78. The van der Waals surface area contributed by atoms with Gasteiger partial charge in [0.15, 0.2) is 11.5 Å². The van der Waals surface area contributed by atoms with Crippen LogP contribution >= 0.6 is 0 Å². The van der Waals surface area contributed by atoms with E-state index in [4.69, 9.17) is 8.94 Å². The molecule has 0 unspecified atom stereocenters. The van der Waals surface area contributed by atoms with Crippen molar-refractivity contribution in [2.45, 2.75) is 6.04 Å². The molecule has 1 aromatic carbocycles. The number of carbonyl (C=O) groups excluding carboxylic acids is 1. The van der Waals surface area contributed by atoms with Gasteiger partial charge >= 0.3 is 0 Å². The van der Waals surface area contributed by atoms with Crippen molar-refractivity contribution in [3.8, 4) is 11.5 Å². The van der Waals surface area contributed by atoms with Gasteiger partial charge in [0.25, 0.3) is 5.91 Å². The SMILES string of the molecule is CN1CCN([C@H](CNC(=O)c2cc(-c3ccco3)on2)c2ccc(F)cc2)CC1. The van der Waals surface area contributed by atoms with Gasteiger partial charge in [0.2, 0.25) is 5.76 Å². The van der Waals surface area contributed by atoms with E-state index in [1.54, 1.807) is 30.3 Å². The second kappa shape index (κ2) is 8.59. The summed E-state index contributed by atoms with van der Waals surface area (Å²) < 4.78 is 23.8. The molecule has 1 aliphatic rings. The first-order valence-electron chi connectivity index (χ1n) is 9.57. The van der Waals surface area contributed by atoms with Crippen molar-refractivity contribution < 1.29 is 18.1 Å². The molecule has 3 aromatic rings. The number of aromatic nitrogens is 1. The minimum absolute atomic E-state index is 0.0512. The number of amides is 1. The highest BCUT2D eigenvalue weighted by Gasteiger charge is 2.25. The topological polar surface area (TPSA) is 74.8 Å². The number of likely N-dealkylation sites (N-methyl/N-ethyl adjacent to an activating group) is 1. The zero-order valence-electron chi connectivity index (χ0n) is 16.2. The average molecular weight is 398 g/mol. The number of halogens is 1. The molecule has 1 saturated heterocycles. The molecule has 1 fully saturated rings. The van der Waals surface area contributed by atoms with Gasteiger partial charge in [0.05, 0.1) is 12.3 Å². The molecule has 0 saturated carbocycles. The third kappa shape index (κ3) is 4.55. The van der Waals surface area contributed by atoms with E-state index in [0.717, 1.165) is 31.7 Å². The summed E-state index contributed by atoms with van der Waals surface area (Å²) in [6.07, 6.45) is 1.53. The Balaban J connectivity index is 1.46. The molecule has 0 radical (unpaired) electrons.